The molecule has 28 heavy (non-hydrogen) atoms. The molecule has 1 heterocycles. The highest BCUT2D eigenvalue weighted by atomic mass is 16.5. The summed E-state index contributed by atoms with van der Waals surface area (Å²) in [5, 5.41) is 3.95. The molecule has 0 radical (unpaired) electrons. The number of fused-ring (bicyclic) bond motifs is 1. The standard InChI is InChI=1S/C24H27NO3/c1-5-6-7-18-8-10-19(11-9-18)25-24(26)12-16(2)20-13-21-17(3)15-28-23(21)14-22(20)27-4/h8-15H,5-7H2,1-4H3,(H,25,26)/b16-12+. The van der Waals surface area contributed by atoms with Gasteiger partial charge in [-0.2, -0.15) is 0 Å². The Morgan fingerprint density at radius 1 is 1.21 bits per heavy atom. The maximum Gasteiger partial charge on any atom is 0.248 e. The SMILES string of the molecule is CCCCc1ccc(NC(=O)/C=C(\C)c2cc3c(C)coc3cc2OC)cc1. The van der Waals surface area contributed by atoms with E-state index < -0.39 is 0 Å². The van der Waals surface area contributed by atoms with Crippen LogP contribution >= 0.6 is 0 Å². The number of hydrogen-bond donors (Lipinski definition) is 1. The monoisotopic (exact) mass is 377 g/mol. The first-order chi connectivity index (χ1) is 13.5. The first kappa shape index (κ1) is 19.7. The maximum atomic E-state index is 12.5. The van der Waals surface area contributed by atoms with Gasteiger partial charge in [0.15, 0.2) is 0 Å². The van der Waals surface area contributed by atoms with Gasteiger partial charge < -0.3 is 14.5 Å². The van der Waals surface area contributed by atoms with E-state index in [1.54, 1.807) is 19.4 Å². The Morgan fingerprint density at radius 2 is 1.96 bits per heavy atom. The van der Waals surface area contributed by atoms with E-state index in [1.165, 1.54) is 18.4 Å². The van der Waals surface area contributed by atoms with E-state index in [1.807, 2.05) is 38.1 Å². The lowest BCUT2D eigenvalue weighted by molar-refractivity contribution is -0.111. The molecule has 4 nitrogen and oxygen atoms in total. The molecule has 0 aliphatic carbocycles. The first-order valence-corrected chi connectivity index (χ1v) is 9.66. The molecule has 1 amide bonds. The largest absolute Gasteiger partial charge is 0.496 e. The molecule has 4 heteroatoms. The molecule has 1 aromatic heterocycles. The number of rotatable bonds is 7. The molecule has 2 aromatic carbocycles. The van der Waals surface area contributed by atoms with Crippen LogP contribution in [0.4, 0.5) is 5.69 Å². The van der Waals surface area contributed by atoms with E-state index in [0.717, 1.165) is 39.8 Å². The van der Waals surface area contributed by atoms with Crippen molar-refractivity contribution in [1.82, 2.24) is 0 Å². The topological polar surface area (TPSA) is 51.5 Å². The summed E-state index contributed by atoms with van der Waals surface area (Å²) in [5.41, 5.74) is 5.63. The van der Waals surface area contributed by atoms with Gasteiger partial charge in [-0.3, -0.25) is 4.79 Å². The van der Waals surface area contributed by atoms with E-state index in [9.17, 15) is 4.79 Å². The van der Waals surface area contributed by atoms with Gasteiger partial charge in [0.2, 0.25) is 5.91 Å². The third-order valence-corrected chi connectivity index (χ3v) is 4.90. The van der Waals surface area contributed by atoms with E-state index in [0.29, 0.717) is 5.75 Å². The molecule has 0 aliphatic heterocycles. The van der Waals surface area contributed by atoms with Gasteiger partial charge in [-0.1, -0.05) is 25.5 Å². The van der Waals surface area contributed by atoms with Crippen molar-refractivity contribution in [3.05, 3.63) is 65.4 Å². The van der Waals surface area contributed by atoms with Crippen molar-refractivity contribution >= 4 is 28.1 Å². The Labute approximate surface area is 166 Å². The normalized spacial score (nSPS) is 11.6. The number of methoxy groups -OCH3 is 1. The minimum absolute atomic E-state index is 0.162. The van der Waals surface area contributed by atoms with Crippen LogP contribution in [0.2, 0.25) is 0 Å². The summed E-state index contributed by atoms with van der Waals surface area (Å²) in [5.74, 6) is 0.522. The number of furan rings is 1. The lowest BCUT2D eigenvalue weighted by Gasteiger charge is -2.10. The van der Waals surface area contributed by atoms with Crippen molar-refractivity contribution < 1.29 is 13.9 Å². The quantitative estimate of drug-likeness (QED) is 0.504. The van der Waals surface area contributed by atoms with Crippen LogP contribution in [0.1, 0.15) is 43.4 Å². The minimum atomic E-state index is -0.162. The van der Waals surface area contributed by atoms with Crippen molar-refractivity contribution in [2.75, 3.05) is 12.4 Å². The number of nitrogens with one attached hydrogen (secondary N) is 1. The Morgan fingerprint density at radius 3 is 2.64 bits per heavy atom. The molecule has 0 bridgehead atoms. The van der Waals surface area contributed by atoms with Crippen molar-refractivity contribution in [2.45, 2.75) is 40.0 Å². The third kappa shape index (κ3) is 4.45. The van der Waals surface area contributed by atoms with Gasteiger partial charge in [0.25, 0.3) is 0 Å². The number of benzene rings is 2. The average Bonchev–Trinajstić information content (AvgIpc) is 3.06. The van der Waals surface area contributed by atoms with Crippen LogP contribution in [0.25, 0.3) is 16.5 Å². The number of hydrogen-bond acceptors (Lipinski definition) is 3. The zero-order valence-electron chi connectivity index (χ0n) is 17.0. The maximum absolute atomic E-state index is 12.5. The second-order valence-electron chi connectivity index (χ2n) is 7.08. The van der Waals surface area contributed by atoms with Gasteiger partial charge >= 0.3 is 0 Å². The summed E-state index contributed by atoms with van der Waals surface area (Å²) < 4.78 is 11.0. The molecule has 3 aromatic rings. The second kappa shape index (κ2) is 8.79. The predicted octanol–water partition coefficient (Wildman–Crippen LogP) is 6.13. The minimum Gasteiger partial charge on any atom is -0.496 e. The van der Waals surface area contributed by atoms with Crippen molar-refractivity contribution in [3.8, 4) is 5.75 Å². The molecule has 0 saturated heterocycles. The molecular weight excluding hydrogens is 350 g/mol. The number of amides is 1. The van der Waals surface area contributed by atoms with Gasteiger partial charge in [-0.25, -0.2) is 0 Å². The van der Waals surface area contributed by atoms with Gasteiger partial charge in [-0.05, 0) is 61.6 Å². The molecule has 3 rings (SSSR count). The highest BCUT2D eigenvalue weighted by molar-refractivity contribution is 6.04. The van der Waals surface area contributed by atoms with Crippen LogP contribution in [0.15, 0.2) is 53.2 Å². The van der Waals surface area contributed by atoms with Gasteiger partial charge in [0.1, 0.15) is 11.3 Å². The van der Waals surface area contributed by atoms with Gasteiger partial charge in [0, 0.05) is 28.8 Å². The molecule has 0 spiro atoms. The van der Waals surface area contributed by atoms with Crippen LogP contribution in [-0.2, 0) is 11.2 Å². The molecule has 0 aliphatic rings. The van der Waals surface area contributed by atoms with Crippen molar-refractivity contribution in [2.24, 2.45) is 0 Å². The number of carbonyl (C=O) groups excluding carboxylic acids is 1. The van der Waals surface area contributed by atoms with E-state index in [-0.39, 0.29) is 5.91 Å². The molecular formula is C24H27NO3. The molecule has 0 unspecified atom stereocenters. The molecule has 0 fully saturated rings. The zero-order chi connectivity index (χ0) is 20.1. The highest BCUT2D eigenvalue weighted by Gasteiger charge is 2.12. The van der Waals surface area contributed by atoms with Gasteiger partial charge in [0.05, 0.1) is 13.4 Å². The van der Waals surface area contributed by atoms with Crippen LogP contribution in [0, 0.1) is 6.92 Å². The summed E-state index contributed by atoms with van der Waals surface area (Å²) in [7, 11) is 1.62. The van der Waals surface area contributed by atoms with Crippen LogP contribution < -0.4 is 10.1 Å². The third-order valence-electron chi connectivity index (χ3n) is 4.90. The molecule has 1 N–H and O–H groups in total. The fraction of sp³-hybridized carbons (Fsp3) is 0.292. The lowest BCUT2D eigenvalue weighted by atomic mass is 10.0. The summed E-state index contributed by atoms with van der Waals surface area (Å²) >= 11 is 0. The number of carbonyl (C=O) groups is 1. The van der Waals surface area contributed by atoms with E-state index in [4.69, 9.17) is 9.15 Å². The number of unbranched alkanes of at least 4 members (excludes halogenated alkanes) is 1. The molecule has 146 valence electrons. The summed E-state index contributed by atoms with van der Waals surface area (Å²) in [4.78, 5) is 12.5. The zero-order valence-corrected chi connectivity index (χ0v) is 17.0. The molecule has 0 atom stereocenters. The van der Waals surface area contributed by atoms with Gasteiger partial charge in [-0.15, -0.1) is 0 Å². The Balaban J connectivity index is 1.78. The number of anilines is 1. The summed E-state index contributed by atoms with van der Waals surface area (Å²) in [6.45, 7) is 6.09. The second-order valence-corrected chi connectivity index (χ2v) is 7.08. The smallest absolute Gasteiger partial charge is 0.248 e. The van der Waals surface area contributed by atoms with E-state index in [2.05, 4.69) is 24.4 Å². The average molecular weight is 377 g/mol. The highest BCUT2D eigenvalue weighted by Crippen LogP contribution is 2.33. The number of ether oxygens (including phenoxy) is 1. The summed E-state index contributed by atoms with van der Waals surface area (Å²) in [6.07, 6.45) is 6.75. The van der Waals surface area contributed by atoms with Crippen molar-refractivity contribution in [3.63, 3.8) is 0 Å². The van der Waals surface area contributed by atoms with E-state index >= 15 is 0 Å². The first-order valence-electron chi connectivity index (χ1n) is 9.66. The lowest BCUT2D eigenvalue weighted by Crippen LogP contribution is -2.08. The number of aryl methyl sites for hydroxylation is 2. The van der Waals surface area contributed by atoms with Crippen LogP contribution in [0.3, 0.4) is 0 Å². The molecule has 0 saturated carbocycles. The fourth-order valence-electron chi connectivity index (χ4n) is 3.25. The Kier molecular flexibility index (Phi) is 6.19. The number of allylic oxidation sites excluding steroid dienone is 1. The Hall–Kier alpha value is -3.01. The van der Waals surface area contributed by atoms with Crippen LogP contribution in [-0.4, -0.2) is 13.0 Å². The Bertz CT molecular complexity index is 997. The van der Waals surface area contributed by atoms with Crippen molar-refractivity contribution in [1.29, 1.82) is 0 Å². The van der Waals surface area contributed by atoms with Crippen LogP contribution in [0.5, 0.6) is 5.75 Å². The fourth-order valence-corrected chi connectivity index (χ4v) is 3.25. The summed E-state index contributed by atoms with van der Waals surface area (Å²) in [6, 6.07) is 11.9. The predicted molar refractivity (Wildman–Crippen MR) is 115 cm³/mol.